The molecule has 0 aromatic heterocycles. The highest BCUT2D eigenvalue weighted by Gasteiger charge is 2.20. The number of nitrogens with one attached hydrogen (secondary N) is 1. The van der Waals surface area contributed by atoms with Crippen molar-refractivity contribution in [1.82, 2.24) is 4.90 Å². The second-order valence-electron chi connectivity index (χ2n) is 7.02. The number of nitrogens with zero attached hydrogens (tertiary/aromatic N) is 1. The molecule has 2 aromatic rings. The topological polar surface area (TPSA) is 67.9 Å². The van der Waals surface area contributed by atoms with Crippen molar-refractivity contribution < 1.29 is 19.1 Å². The van der Waals surface area contributed by atoms with Gasteiger partial charge in [-0.15, -0.1) is 0 Å². The Labute approximate surface area is 183 Å². The molecule has 0 fully saturated rings. The number of likely N-dealkylation sites (N-methyl/N-ethyl adjacent to an activating group) is 1. The van der Waals surface area contributed by atoms with E-state index in [2.05, 4.69) is 5.32 Å². The minimum atomic E-state index is -0.337. The molecule has 0 atom stereocenters. The van der Waals surface area contributed by atoms with Crippen molar-refractivity contribution in [3.05, 3.63) is 52.0 Å². The lowest BCUT2D eigenvalue weighted by Gasteiger charge is -2.19. The summed E-state index contributed by atoms with van der Waals surface area (Å²) in [5, 5.41) is 3.16. The van der Waals surface area contributed by atoms with Crippen LogP contribution in [0.2, 0.25) is 5.02 Å². The maximum absolute atomic E-state index is 12.9. The third kappa shape index (κ3) is 5.89. The van der Waals surface area contributed by atoms with E-state index < -0.39 is 0 Å². The number of ether oxygens (including phenoxy) is 2. The molecule has 1 N–H and O–H groups in total. The molecule has 0 saturated carbocycles. The Morgan fingerprint density at radius 2 is 1.87 bits per heavy atom. The highest BCUT2D eigenvalue weighted by Crippen LogP contribution is 2.37. The largest absolute Gasteiger partial charge is 0.490 e. The van der Waals surface area contributed by atoms with E-state index in [1.807, 2.05) is 45.9 Å². The summed E-state index contributed by atoms with van der Waals surface area (Å²) >= 11 is 6.35. The van der Waals surface area contributed by atoms with E-state index in [9.17, 15) is 9.59 Å². The second kappa shape index (κ2) is 10.9. The summed E-state index contributed by atoms with van der Waals surface area (Å²) in [6, 6.07) is 8.84. The first-order valence-corrected chi connectivity index (χ1v) is 10.4. The lowest BCUT2D eigenvalue weighted by molar-refractivity contribution is -0.116. The van der Waals surface area contributed by atoms with E-state index in [1.54, 1.807) is 13.1 Å². The number of carbonyl (C=O) groups is 2. The van der Waals surface area contributed by atoms with Crippen molar-refractivity contribution in [3.8, 4) is 11.5 Å². The molecule has 2 amide bonds. The molecule has 0 saturated heterocycles. The highest BCUT2D eigenvalue weighted by atomic mass is 35.5. The predicted molar refractivity (Wildman–Crippen MR) is 120 cm³/mol. The Balaban J connectivity index is 2.14. The molecule has 0 aliphatic carbocycles. The summed E-state index contributed by atoms with van der Waals surface area (Å²) in [5.74, 6) is 0.219. The molecule has 0 aliphatic rings. The number of anilines is 1. The van der Waals surface area contributed by atoms with Gasteiger partial charge in [-0.1, -0.05) is 30.7 Å². The van der Waals surface area contributed by atoms with Crippen LogP contribution in [0.25, 0.3) is 0 Å². The monoisotopic (exact) mass is 432 g/mol. The van der Waals surface area contributed by atoms with Crippen molar-refractivity contribution >= 4 is 29.1 Å². The maximum atomic E-state index is 12.9. The van der Waals surface area contributed by atoms with Crippen LogP contribution in [-0.2, 0) is 4.79 Å². The van der Waals surface area contributed by atoms with Crippen LogP contribution in [-0.4, -0.2) is 43.5 Å². The molecular weight excluding hydrogens is 404 g/mol. The van der Waals surface area contributed by atoms with E-state index >= 15 is 0 Å². The molecule has 2 aromatic carbocycles. The zero-order valence-electron chi connectivity index (χ0n) is 18.2. The van der Waals surface area contributed by atoms with Gasteiger partial charge >= 0.3 is 0 Å². The molecule has 0 aliphatic heterocycles. The quantitative estimate of drug-likeness (QED) is 0.614. The zero-order chi connectivity index (χ0) is 22.3. The first-order chi connectivity index (χ1) is 14.3. The number of benzene rings is 2. The van der Waals surface area contributed by atoms with E-state index in [1.165, 1.54) is 11.0 Å². The number of halogens is 1. The van der Waals surface area contributed by atoms with Gasteiger partial charge in [-0.05, 0) is 56.5 Å². The summed E-state index contributed by atoms with van der Waals surface area (Å²) in [4.78, 5) is 26.7. The predicted octanol–water partition coefficient (Wildman–Crippen LogP) is 4.86. The Morgan fingerprint density at radius 3 is 2.53 bits per heavy atom. The van der Waals surface area contributed by atoms with Crippen LogP contribution in [0.5, 0.6) is 11.5 Å². The third-order valence-electron chi connectivity index (χ3n) is 4.61. The number of aryl methyl sites for hydroxylation is 1. The van der Waals surface area contributed by atoms with Gasteiger partial charge in [0.15, 0.2) is 11.5 Å². The number of carbonyl (C=O) groups excluding carboxylic acids is 2. The van der Waals surface area contributed by atoms with Crippen molar-refractivity contribution in [1.29, 1.82) is 0 Å². The molecule has 0 bridgehead atoms. The Morgan fingerprint density at radius 1 is 1.13 bits per heavy atom. The minimum absolute atomic E-state index is 0.0953. The summed E-state index contributed by atoms with van der Waals surface area (Å²) in [6.45, 7) is 8.56. The molecule has 30 heavy (non-hydrogen) atoms. The zero-order valence-corrected chi connectivity index (χ0v) is 18.9. The van der Waals surface area contributed by atoms with Gasteiger partial charge < -0.3 is 19.7 Å². The van der Waals surface area contributed by atoms with E-state index in [0.717, 1.165) is 23.2 Å². The van der Waals surface area contributed by atoms with Crippen molar-refractivity contribution in [2.75, 3.05) is 32.1 Å². The summed E-state index contributed by atoms with van der Waals surface area (Å²) in [5.41, 5.74) is 3.14. The molecule has 162 valence electrons. The van der Waals surface area contributed by atoms with Crippen LogP contribution in [0.1, 0.15) is 41.8 Å². The molecule has 7 heteroatoms. The van der Waals surface area contributed by atoms with E-state index in [4.69, 9.17) is 21.1 Å². The average Bonchev–Trinajstić information content (AvgIpc) is 2.70. The highest BCUT2D eigenvalue weighted by molar-refractivity contribution is 6.32. The van der Waals surface area contributed by atoms with Crippen LogP contribution in [0.15, 0.2) is 30.3 Å². The number of rotatable bonds is 9. The summed E-state index contributed by atoms with van der Waals surface area (Å²) in [7, 11) is 1.57. The molecule has 0 spiro atoms. The minimum Gasteiger partial charge on any atom is -0.490 e. The second-order valence-corrected chi connectivity index (χ2v) is 7.43. The van der Waals surface area contributed by atoms with E-state index in [0.29, 0.717) is 35.3 Å². The molecule has 0 heterocycles. The van der Waals surface area contributed by atoms with Gasteiger partial charge in [-0.3, -0.25) is 9.59 Å². The van der Waals surface area contributed by atoms with Crippen LogP contribution in [0, 0.1) is 13.8 Å². The SMILES string of the molecule is CCCOc1c(Cl)cc(C(=O)N(C)CC(=O)Nc2cccc(C)c2C)cc1OCC. The lowest BCUT2D eigenvalue weighted by atomic mass is 10.1. The van der Waals surface area contributed by atoms with Gasteiger partial charge in [-0.25, -0.2) is 0 Å². The van der Waals surface area contributed by atoms with Gasteiger partial charge in [0.1, 0.15) is 0 Å². The smallest absolute Gasteiger partial charge is 0.254 e. The molecular formula is C23H29ClN2O4. The van der Waals surface area contributed by atoms with Gasteiger partial charge in [0.05, 0.1) is 24.8 Å². The van der Waals surface area contributed by atoms with Crippen molar-refractivity contribution in [3.63, 3.8) is 0 Å². The lowest BCUT2D eigenvalue weighted by Crippen LogP contribution is -2.35. The van der Waals surface area contributed by atoms with Gasteiger partial charge in [-0.2, -0.15) is 0 Å². The normalized spacial score (nSPS) is 10.5. The molecule has 0 radical (unpaired) electrons. The average molecular weight is 433 g/mol. The van der Waals surface area contributed by atoms with Crippen molar-refractivity contribution in [2.24, 2.45) is 0 Å². The number of amides is 2. The maximum Gasteiger partial charge on any atom is 0.254 e. The van der Waals surface area contributed by atoms with Crippen LogP contribution < -0.4 is 14.8 Å². The van der Waals surface area contributed by atoms with Crippen LogP contribution in [0.4, 0.5) is 5.69 Å². The van der Waals surface area contributed by atoms with Crippen LogP contribution in [0.3, 0.4) is 0 Å². The van der Waals surface area contributed by atoms with Gasteiger partial charge in [0.25, 0.3) is 5.91 Å². The van der Waals surface area contributed by atoms with Gasteiger partial charge in [0.2, 0.25) is 5.91 Å². The van der Waals surface area contributed by atoms with Gasteiger partial charge in [0, 0.05) is 18.3 Å². The van der Waals surface area contributed by atoms with Crippen molar-refractivity contribution in [2.45, 2.75) is 34.1 Å². The molecule has 6 nitrogen and oxygen atoms in total. The first-order valence-electron chi connectivity index (χ1n) is 9.99. The summed E-state index contributed by atoms with van der Waals surface area (Å²) in [6.07, 6.45) is 0.820. The number of hydrogen-bond donors (Lipinski definition) is 1. The Hall–Kier alpha value is -2.73. The fourth-order valence-corrected chi connectivity index (χ4v) is 3.15. The fourth-order valence-electron chi connectivity index (χ4n) is 2.88. The summed E-state index contributed by atoms with van der Waals surface area (Å²) < 4.78 is 11.3. The van der Waals surface area contributed by atoms with Crippen LogP contribution >= 0.6 is 11.6 Å². The Bertz CT molecular complexity index is 914. The molecule has 2 rings (SSSR count). The number of hydrogen-bond acceptors (Lipinski definition) is 4. The Kier molecular flexibility index (Phi) is 8.54. The third-order valence-corrected chi connectivity index (χ3v) is 4.89. The fraction of sp³-hybridized carbons (Fsp3) is 0.391. The molecule has 0 unspecified atom stereocenters. The standard InChI is InChI=1S/C23H29ClN2O4/c1-6-11-30-22-18(24)12-17(13-20(22)29-7-2)23(28)26(5)14-21(27)25-19-10-8-9-15(3)16(19)4/h8-10,12-13H,6-7,11,14H2,1-5H3,(H,25,27). The first kappa shape index (κ1) is 23.5. The van der Waals surface area contributed by atoms with E-state index in [-0.39, 0.29) is 18.4 Å².